The number of benzene rings is 1. The first-order valence-corrected chi connectivity index (χ1v) is 9.07. The third kappa shape index (κ3) is 5.41. The van der Waals surface area contributed by atoms with E-state index in [1.807, 2.05) is 4.72 Å². The molecule has 2 N–H and O–H groups in total. The van der Waals surface area contributed by atoms with E-state index in [9.17, 15) is 17.6 Å². The molecule has 146 valence electrons. The van der Waals surface area contributed by atoms with Crippen LogP contribution in [0.25, 0.3) is 0 Å². The predicted octanol–water partition coefficient (Wildman–Crippen LogP) is 0.913. The van der Waals surface area contributed by atoms with Crippen LogP contribution in [0.1, 0.15) is 0 Å². The molecule has 1 amide bonds. The van der Waals surface area contributed by atoms with E-state index in [-0.39, 0.29) is 23.5 Å². The maximum atomic E-state index is 14.2. The molecule has 1 heterocycles. The van der Waals surface area contributed by atoms with Crippen molar-refractivity contribution in [3.05, 3.63) is 30.1 Å². The van der Waals surface area contributed by atoms with Crippen molar-refractivity contribution >= 4 is 21.6 Å². The van der Waals surface area contributed by atoms with Gasteiger partial charge in [0, 0.05) is 7.05 Å². The molecule has 12 heteroatoms. The van der Waals surface area contributed by atoms with Crippen LogP contribution in [-0.2, 0) is 14.8 Å². The summed E-state index contributed by atoms with van der Waals surface area (Å²) in [6, 6.07) is 4.76. The maximum Gasteiger partial charge on any atom is 0.328 e. The number of anilines is 1. The van der Waals surface area contributed by atoms with Crippen LogP contribution in [0.2, 0.25) is 0 Å². The summed E-state index contributed by atoms with van der Waals surface area (Å²) < 4.78 is 55.7. The molecule has 2 rings (SSSR count). The molecule has 2 aromatic rings. The minimum absolute atomic E-state index is 0.120. The molecule has 0 atom stereocenters. The van der Waals surface area contributed by atoms with E-state index < -0.39 is 33.2 Å². The van der Waals surface area contributed by atoms with Crippen LogP contribution in [0.5, 0.6) is 23.5 Å². The van der Waals surface area contributed by atoms with E-state index >= 15 is 0 Å². The Morgan fingerprint density at radius 3 is 2.37 bits per heavy atom. The number of ether oxygens (including phenoxy) is 3. The second-order valence-corrected chi connectivity index (χ2v) is 6.71. The number of nitrogens with zero attached hydrogens (tertiary/aromatic N) is 2. The zero-order valence-electron chi connectivity index (χ0n) is 14.6. The number of amides is 1. The van der Waals surface area contributed by atoms with Crippen molar-refractivity contribution in [3.63, 3.8) is 0 Å². The lowest BCUT2D eigenvalue weighted by Crippen LogP contribution is -2.30. The Balaban J connectivity index is 2.37. The number of para-hydroxylation sites is 1. The van der Waals surface area contributed by atoms with Crippen LogP contribution < -0.4 is 24.2 Å². The molecule has 1 aromatic heterocycles. The Bertz CT molecular complexity index is 916. The van der Waals surface area contributed by atoms with Crippen molar-refractivity contribution in [2.75, 3.05) is 31.7 Å². The molecule has 27 heavy (non-hydrogen) atoms. The van der Waals surface area contributed by atoms with E-state index in [1.165, 1.54) is 39.5 Å². The highest BCUT2D eigenvalue weighted by molar-refractivity contribution is 7.93. The fourth-order valence-electron chi connectivity index (χ4n) is 1.86. The number of halogens is 1. The van der Waals surface area contributed by atoms with Crippen molar-refractivity contribution in [2.45, 2.75) is 0 Å². The predicted molar refractivity (Wildman–Crippen MR) is 93.1 cm³/mol. The average Bonchev–Trinajstić information content (AvgIpc) is 2.63. The van der Waals surface area contributed by atoms with E-state index in [0.717, 1.165) is 6.07 Å². The third-order valence-corrected chi connectivity index (χ3v) is 4.27. The Morgan fingerprint density at radius 1 is 1.19 bits per heavy atom. The van der Waals surface area contributed by atoms with Gasteiger partial charge in [0.05, 0.1) is 20.3 Å². The van der Waals surface area contributed by atoms with Crippen molar-refractivity contribution in [2.24, 2.45) is 0 Å². The van der Waals surface area contributed by atoms with E-state index in [2.05, 4.69) is 15.3 Å². The molecule has 0 spiro atoms. The Kier molecular flexibility index (Phi) is 6.34. The van der Waals surface area contributed by atoms with Crippen molar-refractivity contribution in [3.8, 4) is 23.5 Å². The highest BCUT2D eigenvalue weighted by atomic mass is 32.2. The molecule has 0 radical (unpaired) electrons. The first-order valence-electron chi connectivity index (χ1n) is 7.42. The van der Waals surface area contributed by atoms with Crippen molar-refractivity contribution < 1.29 is 31.8 Å². The zero-order valence-corrected chi connectivity index (χ0v) is 15.5. The van der Waals surface area contributed by atoms with E-state index in [0.29, 0.717) is 0 Å². The number of hydrogen-bond acceptors (Lipinski definition) is 8. The fraction of sp³-hybridized carbons (Fsp3) is 0.267. The van der Waals surface area contributed by atoms with E-state index in [4.69, 9.17) is 14.2 Å². The number of aromatic nitrogens is 2. The molecule has 0 unspecified atom stereocenters. The lowest BCUT2D eigenvalue weighted by molar-refractivity contribution is -0.118. The standard InChI is InChI=1S/C15H17FN4O6S/c1-17-11(21)8-27(22,23)20-14-9(16)5-4-6-10(14)26-15-18-12(24-2)7-13(19-15)25-3/h4-7,20H,8H2,1-3H3,(H,17,21). The maximum absolute atomic E-state index is 14.2. The molecule has 0 aliphatic heterocycles. The summed E-state index contributed by atoms with van der Waals surface area (Å²) >= 11 is 0. The Hall–Kier alpha value is -3.15. The molecule has 0 saturated heterocycles. The lowest BCUT2D eigenvalue weighted by Gasteiger charge is -2.13. The van der Waals surface area contributed by atoms with Gasteiger partial charge in [0.25, 0.3) is 0 Å². The van der Waals surface area contributed by atoms with Crippen LogP contribution in [0.15, 0.2) is 24.3 Å². The summed E-state index contributed by atoms with van der Waals surface area (Å²) in [6.07, 6.45) is 0. The number of rotatable bonds is 8. The zero-order chi connectivity index (χ0) is 20.0. The minimum atomic E-state index is -4.18. The molecule has 0 saturated carbocycles. The summed E-state index contributed by atoms with van der Waals surface area (Å²) in [4.78, 5) is 19.2. The number of carbonyl (C=O) groups is 1. The van der Waals surface area contributed by atoms with Gasteiger partial charge in [0.2, 0.25) is 27.7 Å². The third-order valence-electron chi connectivity index (χ3n) is 3.11. The first kappa shape index (κ1) is 20.2. The van der Waals surface area contributed by atoms with Gasteiger partial charge in [-0.05, 0) is 12.1 Å². The number of sulfonamides is 1. The van der Waals surface area contributed by atoms with Crippen LogP contribution in [0, 0.1) is 5.82 Å². The van der Waals surface area contributed by atoms with Gasteiger partial charge in [-0.3, -0.25) is 9.52 Å². The monoisotopic (exact) mass is 400 g/mol. The smallest absolute Gasteiger partial charge is 0.328 e. The minimum Gasteiger partial charge on any atom is -0.481 e. The summed E-state index contributed by atoms with van der Waals surface area (Å²) in [7, 11) is -0.166. The fourth-order valence-corrected chi connectivity index (χ4v) is 2.93. The summed E-state index contributed by atoms with van der Waals surface area (Å²) in [5, 5.41) is 2.17. The van der Waals surface area contributed by atoms with Crippen LogP contribution in [-0.4, -0.2) is 51.3 Å². The van der Waals surface area contributed by atoms with Gasteiger partial charge in [0.1, 0.15) is 11.4 Å². The topological polar surface area (TPSA) is 129 Å². The summed E-state index contributed by atoms with van der Waals surface area (Å²) in [5.41, 5.74) is -0.494. The van der Waals surface area contributed by atoms with Gasteiger partial charge < -0.3 is 19.5 Å². The molecule has 0 aliphatic rings. The van der Waals surface area contributed by atoms with Gasteiger partial charge in [-0.25, -0.2) is 12.8 Å². The largest absolute Gasteiger partial charge is 0.481 e. The average molecular weight is 400 g/mol. The summed E-state index contributed by atoms with van der Waals surface area (Å²) in [5.74, 6) is -2.54. The highest BCUT2D eigenvalue weighted by Gasteiger charge is 2.21. The molecule has 10 nitrogen and oxygen atoms in total. The second-order valence-electron chi connectivity index (χ2n) is 4.98. The van der Waals surface area contributed by atoms with E-state index in [1.54, 1.807) is 0 Å². The van der Waals surface area contributed by atoms with Gasteiger partial charge in [0.15, 0.2) is 11.6 Å². The quantitative estimate of drug-likeness (QED) is 0.669. The SMILES string of the molecule is CNC(=O)CS(=O)(=O)Nc1c(F)cccc1Oc1nc(OC)cc(OC)n1. The number of methoxy groups -OCH3 is 2. The molecule has 0 aliphatic carbocycles. The first-order chi connectivity index (χ1) is 12.8. The number of nitrogens with one attached hydrogen (secondary N) is 2. The molecular formula is C15H17FN4O6S. The highest BCUT2D eigenvalue weighted by Crippen LogP contribution is 2.32. The summed E-state index contributed by atoms with van der Waals surface area (Å²) in [6.45, 7) is 0. The van der Waals surface area contributed by atoms with Crippen LogP contribution in [0.4, 0.5) is 10.1 Å². The van der Waals surface area contributed by atoms with Crippen molar-refractivity contribution in [1.29, 1.82) is 0 Å². The van der Waals surface area contributed by atoms with Gasteiger partial charge >= 0.3 is 6.01 Å². The molecular weight excluding hydrogens is 383 g/mol. The second kappa shape index (κ2) is 8.49. The lowest BCUT2D eigenvalue weighted by atomic mass is 10.3. The van der Waals surface area contributed by atoms with Crippen LogP contribution in [0.3, 0.4) is 0 Å². The van der Waals surface area contributed by atoms with Crippen molar-refractivity contribution in [1.82, 2.24) is 15.3 Å². The van der Waals surface area contributed by atoms with Crippen LogP contribution >= 0.6 is 0 Å². The molecule has 1 aromatic carbocycles. The number of carbonyl (C=O) groups excluding carboxylic acids is 1. The number of hydrogen-bond donors (Lipinski definition) is 2. The Morgan fingerprint density at radius 2 is 1.81 bits per heavy atom. The van der Waals surface area contributed by atoms with Gasteiger partial charge in [-0.15, -0.1) is 0 Å². The normalized spacial score (nSPS) is 10.8. The molecule has 0 fully saturated rings. The Labute approximate surface area is 154 Å². The molecule has 0 bridgehead atoms. The van der Waals surface area contributed by atoms with Gasteiger partial charge in [-0.1, -0.05) is 6.07 Å². The van der Waals surface area contributed by atoms with Gasteiger partial charge in [-0.2, -0.15) is 9.97 Å².